The van der Waals surface area contributed by atoms with Crippen molar-refractivity contribution in [2.24, 2.45) is 0 Å². The van der Waals surface area contributed by atoms with Crippen LogP contribution in [0.5, 0.6) is 0 Å². The first kappa shape index (κ1) is 15.2. The van der Waals surface area contributed by atoms with Crippen LogP contribution in [0, 0.1) is 6.92 Å². The van der Waals surface area contributed by atoms with Gasteiger partial charge in [-0.25, -0.2) is 4.98 Å². The maximum atomic E-state index is 12.8. The van der Waals surface area contributed by atoms with Crippen molar-refractivity contribution in [2.45, 2.75) is 6.92 Å². The first-order chi connectivity index (χ1) is 11.6. The average molecular weight is 346 g/mol. The number of oxazole rings is 1. The summed E-state index contributed by atoms with van der Waals surface area (Å²) in [6.45, 7) is 4.39. The predicted octanol–water partition coefficient (Wildman–Crippen LogP) is 2.98. The van der Waals surface area contributed by atoms with Crippen LogP contribution >= 0.6 is 11.6 Å². The van der Waals surface area contributed by atoms with Crippen molar-refractivity contribution in [3.63, 3.8) is 0 Å². The lowest BCUT2D eigenvalue weighted by atomic mass is 10.1. The molecule has 0 radical (unpaired) electrons. The summed E-state index contributed by atoms with van der Waals surface area (Å²) < 4.78 is 10.8. The number of fused-ring (bicyclic) bond motifs is 1. The molecule has 0 bridgehead atoms. The Balaban J connectivity index is 2.05. The number of aromatic nitrogens is 2. The van der Waals surface area contributed by atoms with Crippen molar-refractivity contribution in [2.75, 3.05) is 31.2 Å². The normalized spacial score (nSPS) is 15.2. The van der Waals surface area contributed by atoms with Gasteiger partial charge in [0.1, 0.15) is 12.0 Å². The predicted molar refractivity (Wildman–Crippen MR) is 92.8 cm³/mol. The number of nitrogens with zero attached hydrogens (tertiary/aromatic N) is 2. The molecule has 0 aliphatic carbocycles. The Bertz CT molecular complexity index is 957. The summed E-state index contributed by atoms with van der Waals surface area (Å²) in [5, 5.41) is 1.51. The topological polar surface area (TPSA) is 71.4 Å². The number of aryl methyl sites for hydroxylation is 1. The molecule has 6 nitrogen and oxygen atoms in total. The van der Waals surface area contributed by atoms with E-state index in [1.54, 1.807) is 13.0 Å². The van der Waals surface area contributed by atoms with Crippen LogP contribution in [0.4, 0.5) is 5.69 Å². The summed E-state index contributed by atoms with van der Waals surface area (Å²) in [6, 6.07) is 5.46. The highest BCUT2D eigenvalue weighted by atomic mass is 35.5. The number of morpholine rings is 1. The van der Waals surface area contributed by atoms with E-state index in [0.717, 1.165) is 16.6 Å². The van der Waals surface area contributed by atoms with Gasteiger partial charge < -0.3 is 19.0 Å². The first-order valence-corrected chi connectivity index (χ1v) is 8.12. The zero-order valence-corrected chi connectivity index (χ0v) is 13.9. The van der Waals surface area contributed by atoms with E-state index in [-0.39, 0.29) is 5.56 Å². The summed E-state index contributed by atoms with van der Waals surface area (Å²) in [5.41, 5.74) is 2.41. The molecular weight excluding hydrogens is 330 g/mol. The molecular formula is C17H16ClN3O3. The Labute approximate surface area is 143 Å². The minimum absolute atomic E-state index is 0.195. The SMILES string of the molecule is Cc1nc(-c2c(N3CCOCC3)c3cc(Cl)ccc3[nH]c2=O)co1. The molecule has 2 aromatic heterocycles. The molecule has 3 heterocycles. The minimum Gasteiger partial charge on any atom is -0.449 e. The van der Waals surface area contributed by atoms with E-state index < -0.39 is 0 Å². The number of halogens is 1. The largest absolute Gasteiger partial charge is 0.449 e. The highest BCUT2D eigenvalue weighted by Crippen LogP contribution is 2.35. The standard InChI is InChI=1S/C17H16ClN3O3/c1-10-19-14(9-24-10)15-16(21-4-6-23-7-5-21)12-8-11(18)2-3-13(12)20-17(15)22/h2-3,8-9H,4-7H2,1H3,(H,20,22). The number of H-pyrrole nitrogens is 1. The second-order valence-corrected chi connectivity index (χ2v) is 6.16. The average Bonchev–Trinajstić information content (AvgIpc) is 3.01. The van der Waals surface area contributed by atoms with Crippen LogP contribution in [0.3, 0.4) is 0 Å². The monoisotopic (exact) mass is 345 g/mol. The Kier molecular flexibility index (Phi) is 3.78. The third-order valence-electron chi connectivity index (χ3n) is 4.15. The fourth-order valence-corrected chi connectivity index (χ4v) is 3.25. The molecule has 1 fully saturated rings. The van der Waals surface area contributed by atoms with Gasteiger partial charge >= 0.3 is 0 Å². The van der Waals surface area contributed by atoms with Crippen molar-refractivity contribution in [1.82, 2.24) is 9.97 Å². The van der Waals surface area contributed by atoms with Gasteiger partial charge in [-0.05, 0) is 18.2 Å². The first-order valence-electron chi connectivity index (χ1n) is 7.74. The van der Waals surface area contributed by atoms with Crippen LogP contribution in [-0.2, 0) is 4.74 Å². The summed E-state index contributed by atoms with van der Waals surface area (Å²) in [6.07, 6.45) is 1.51. The molecule has 4 rings (SSSR count). The van der Waals surface area contributed by atoms with Gasteiger partial charge in [0.25, 0.3) is 5.56 Å². The van der Waals surface area contributed by atoms with E-state index in [0.29, 0.717) is 48.5 Å². The van der Waals surface area contributed by atoms with E-state index in [1.165, 1.54) is 6.26 Å². The number of hydrogen-bond donors (Lipinski definition) is 1. The summed E-state index contributed by atoms with van der Waals surface area (Å²) in [7, 11) is 0. The van der Waals surface area contributed by atoms with Gasteiger partial charge in [0.15, 0.2) is 5.89 Å². The lowest BCUT2D eigenvalue weighted by Gasteiger charge is -2.31. The number of rotatable bonds is 2. The number of hydrogen-bond acceptors (Lipinski definition) is 5. The van der Waals surface area contributed by atoms with Gasteiger partial charge in [-0.1, -0.05) is 11.6 Å². The minimum atomic E-state index is -0.195. The molecule has 1 aliphatic rings. The quantitative estimate of drug-likeness (QED) is 0.773. The summed E-state index contributed by atoms with van der Waals surface area (Å²) in [5.74, 6) is 0.517. The Hall–Kier alpha value is -2.31. The number of nitrogens with one attached hydrogen (secondary N) is 1. The van der Waals surface area contributed by atoms with Gasteiger partial charge in [-0.15, -0.1) is 0 Å². The number of aromatic amines is 1. The molecule has 0 saturated carbocycles. The summed E-state index contributed by atoms with van der Waals surface area (Å²) >= 11 is 6.20. The van der Waals surface area contributed by atoms with Crippen molar-refractivity contribution in [1.29, 1.82) is 0 Å². The fourth-order valence-electron chi connectivity index (χ4n) is 3.08. The molecule has 3 aromatic rings. The Morgan fingerprint density at radius 3 is 2.79 bits per heavy atom. The van der Waals surface area contributed by atoms with Crippen LogP contribution in [0.1, 0.15) is 5.89 Å². The van der Waals surface area contributed by atoms with Crippen LogP contribution in [0.15, 0.2) is 33.7 Å². The van der Waals surface area contributed by atoms with Gasteiger partial charge in [-0.2, -0.15) is 0 Å². The lowest BCUT2D eigenvalue weighted by Crippen LogP contribution is -2.37. The highest BCUT2D eigenvalue weighted by molar-refractivity contribution is 6.31. The molecule has 1 aliphatic heterocycles. The smallest absolute Gasteiger partial charge is 0.260 e. The van der Waals surface area contributed by atoms with E-state index in [4.69, 9.17) is 20.8 Å². The van der Waals surface area contributed by atoms with E-state index in [9.17, 15) is 4.79 Å². The van der Waals surface area contributed by atoms with Crippen LogP contribution in [0.25, 0.3) is 22.2 Å². The molecule has 0 atom stereocenters. The number of anilines is 1. The maximum absolute atomic E-state index is 12.8. The van der Waals surface area contributed by atoms with Gasteiger partial charge in [0, 0.05) is 30.4 Å². The zero-order chi connectivity index (χ0) is 16.7. The van der Waals surface area contributed by atoms with Crippen molar-refractivity contribution < 1.29 is 9.15 Å². The van der Waals surface area contributed by atoms with Crippen LogP contribution < -0.4 is 10.5 Å². The zero-order valence-electron chi connectivity index (χ0n) is 13.1. The van der Waals surface area contributed by atoms with Crippen LogP contribution in [0.2, 0.25) is 5.02 Å². The number of pyridine rings is 1. The number of benzene rings is 1. The summed E-state index contributed by atoms with van der Waals surface area (Å²) in [4.78, 5) is 22.2. The van der Waals surface area contributed by atoms with Gasteiger partial charge in [0.2, 0.25) is 0 Å². The Morgan fingerprint density at radius 1 is 1.29 bits per heavy atom. The van der Waals surface area contributed by atoms with Crippen molar-refractivity contribution in [3.05, 3.63) is 45.7 Å². The molecule has 1 aromatic carbocycles. The van der Waals surface area contributed by atoms with E-state index in [2.05, 4.69) is 14.9 Å². The Morgan fingerprint density at radius 2 is 2.08 bits per heavy atom. The van der Waals surface area contributed by atoms with Gasteiger partial charge in [0.05, 0.1) is 30.0 Å². The molecule has 24 heavy (non-hydrogen) atoms. The van der Waals surface area contributed by atoms with E-state index in [1.807, 2.05) is 12.1 Å². The maximum Gasteiger partial charge on any atom is 0.260 e. The molecule has 7 heteroatoms. The second-order valence-electron chi connectivity index (χ2n) is 5.72. The third-order valence-corrected chi connectivity index (χ3v) is 4.39. The molecule has 0 amide bonds. The van der Waals surface area contributed by atoms with Crippen molar-refractivity contribution >= 4 is 28.2 Å². The van der Waals surface area contributed by atoms with Gasteiger partial charge in [-0.3, -0.25) is 4.79 Å². The second kappa shape index (κ2) is 5.96. The third kappa shape index (κ3) is 2.57. The fraction of sp³-hybridized carbons (Fsp3) is 0.294. The molecule has 1 N–H and O–H groups in total. The molecule has 124 valence electrons. The highest BCUT2D eigenvalue weighted by Gasteiger charge is 2.23. The molecule has 0 spiro atoms. The van der Waals surface area contributed by atoms with Crippen molar-refractivity contribution in [3.8, 4) is 11.3 Å². The van der Waals surface area contributed by atoms with Crippen LogP contribution in [-0.4, -0.2) is 36.3 Å². The molecule has 1 saturated heterocycles. The lowest BCUT2D eigenvalue weighted by molar-refractivity contribution is 0.123. The van der Waals surface area contributed by atoms with E-state index >= 15 is 0 Å². The number of ether oxygens (including phenoxy) is 1. The molecule has 0 unspecified atom stereocenters.